The molecule has 1 saturated heterocycles. The number of nitrogens with zero attached hydrogens (tertiary/aromatic N) is 1. The van der Waals surface area contributed by atoms with Crippen LogP contribution in [0.4, 0.5) is 10.5 Å². The number of carbonyl (C=O) groups is 3. The highest BCUT2D eigenvalue weighted by Crippen LogP contribution is 2.37. The van der Waals surface area contributed by atoms with Gasteiger partial charge < -0.3 is 9.47 Å². The van der Waals surface area contributed by atoms with Crippen LogP contribution >= 0.6 is 27.7 Å². The van der Waals surface area contributed by atoms with Gasteiger partial charge in [-0.2, -0.15) is 0 Å². The van der Waals surface area contributed by atoms with Crippen molar-refractivity contribution in [2.24, 2.45) is 0 Å². The quantitative estimate of drug-likeness (QED) is 0.461. The van der Waals surface area contributed by atoms with E-state index in [0.717, 1.165) is 21.1 Å². The molecule has 0 radical (unpaired) electrons. The Hall–Kier alpha value is -2.58. The van der Waals surface area contributed by atoms with E-state index < -0.39 is 11.9 Å². The molecule has 0 spiro atoms. The second kappa shape index (κ2) is 9.07. The van der Waals surface area contributed by atoms with Gasteiger partial charge in [0.2, 0.25) is 0 Å². The molecule has 0 unspecified atom stereocenters. The number of hydrogen-bond donors (Lipinski definition) is 0. The predicted octanol–water partition coefficient (Wildman–Crippen LogP) is 4.63. The maximum Gasteiger partial charge on any atom is 0.344 e. The number of anilines is 1. The zero-order valence-corrected chi connectivity index (χ0v) is 17.3. The summed E-state index contributed by atoms with van der Waals surface area (Å²) in [5.74, 6) is -0.485. The van der Waals surface area contributed by atoms with E-state index in [9.17, 15) is 14.4 Å². The van der Waals surface area contributed by atoms with Gasteiger partial charge in [-0.25, -0.2) is 9.69 Å². The third-order valence-electron chi connectivity index (χ3n) is 3.72. The van der Waals surface area contributed by atoms with Crippen LogP contribution in [0.15, 0.2) is 57.9 Å². The van der Waals surface area contributed by atoms with Crippen molar-refractivity contribution in [3.63, 3.8) is 0 Å². The fourth-order valence-corrected chi connectivity index (χ4v) is 3.72. The zero-order valence-electron chi connectivity index (χ0n) is 14.9. The number of esters is 1. The van der Waals surface area contributed by atoms with E-state index in [0.29, 0.717) is 17.0 Å². The van der Waals surface area contributed by atoms with Gasteiger partial charge in [-0.3, -0.25) is 9.59 Å². The van der Waals surface area contributed by atoms with Gasteiger partial charge in [0, 0.05) is 10.0 Å². The average molecular weight is 462 g/mol. The largest absolute Gasteiger partial charge is 0.481 e. The summed E-state index contributed by atoms with van der Waals surface area (Å²) in [6, 6.07) is 13.9. The van der Waals surface area contributed by atoms with E-state index in [-0.39, 0.29) is 23.4 Å². The van der Waals surface area contributed by atoms with Gasteiger partial charge in [-0.1, -0.05) is 34.1 Å². The Labute approximate surface area is 174 Å². The molecule has 1 aliphatic heterocycles. The van der Waals surface area contributed by atoms with Crippen LogP contribution in [-0.2, 0) is 14.3 Å². The van der Waals surface area contributed by atoms with Crippen molar-refractivity contribution in [3.8, 4) is 5.75 Å². The Bertz CT molecular complexity index is 945. The van der Waals surface area contributed by atoms with Crippen molar-refractivity contribution in [1.29, 1.82) is 0 Å². The van der Waals surface area contributed by atoms with Crippen LogP contribution in [0.2, 0.25) is 0 Å². The summed E-state index contributed by atoms with van der Waals surface area (Å²) in [5, 5.41) is -0.369. The van der Waals surface area contributed by atoms with E-state index in [2.05, 4.69) is 15.9 Å². The molecular weight excluding hydrogens is 446 g/mol. The van der Waals surface area contributed by atoms with Gasteiger partial charge in [0.05, 0.1) is 17.2 Å². The molecule has 1 aliphatic rings. The number of rotatable bonds is 6. The third kappa shape index (κ3) is 4.63. The lowest BCUT2D eigenvalue weighted by molar-refractivity contribution is -0.145. The summed E-state index contributed by atoms with van der Waals surface area (Å²) in [6.45, 7) is 1.73. The third-order valence-corrected chi connectivity index (χ3v) is 5.08. The number of amides is 2. The normalized spacial score (nSPS) is 15.2. The van der Waals surface area contributed by atoms with E-state index in [1.807, 2.05) is 6.07 Å². The molecular formula is C20H16BrNO5S. The van der Waals surface area contributed by atoms with Gasteiger partial charge in [0.25, 0.3) is 11.1 Å². The van der Waals surface area contributed by atoms with Crippen LogP contribution in [0.1, 0.15) is 12.5 Å². The first kappa shape index (κ1) is 20.2. The number of ether oxygens (including phenoxy) is 2. The van der Waals surface area contributed by atoms with Crippen LogP contribution in [0, 0.1) is 0 Å². The summed E-state index contributed by atoms with van der Waals surface area (Å²) in [5.41, 5.74) is 1.08. The van der Waals surface area contributed by atoms with Crippen molar-refractivity contribution in [2.75, 3.05) is 18.1 Å². The van der Waals surface area contributed by atoms with E-state index >= 15 is 0 Å². The summed E-state index contributed by atoms with van der Waals surface area (Å²) >= 11 is 4.24. The van der Waals surface area contributed by atoms with Gasteiger partial charge in [0.1, 0.15) is 5.75 Å². The summed E-state index contributed by atoms with van der Waals surface area (Å²) in [7, 11) is 0. The smallest absolute Gasteiger partial charge is 0.344 e. The standard InChI is InChI=1S/C20H16BrNO5S/c1-2-26-18(23)12-27-16-9-8-14(21)10-13(16)11-17-19(24)22(20(25)28-17)15-6-4-3-5-7-15/h3-11H,2,12H2,1H3. The Morgan fingerprint density at radius 2 is 1.93 bits per heavy atom. The first-order valence-corrected chi connectivity index (χ1v) is 10.0. The molecule has 144 valence electrons. The maximum absolute atomic E-state index is 12.8. The summed E-state index contributed by atoms with van der Waals surface area (Å²) < 4.78 is 11.2. The van der Waals surface area contributed by atoms with Crippen molar-refractivity contribution in [3.05, 3.63) is 63.5 Å². The molecule has 0 N–H and O–H groups in total. The molecule has 1 heterocycles. The number of thioether (sulfide) groups is 1. The molecule has 2 amide bonds. The summed E-state index contributed by atoms with van der Waals surface area (Å²) in [6.07, 6.45) is 1.58. The molecule has 28 heavy (non-hydrogen) atoms. The first-order valence-electron chi connectivity index (χ1n) is 8.40. The lowest BCUT2D eigenvalue weighted by Gasteiger charge is -2.12. The predicted molar refractivity (Wildman–Crippen MR) is 111 cm³/mol. The van der Waals surface area contributed by atoms with E-state index in [4.69, 9.17) is 9.47 Å². The van der Waals surface area contributed by atoms with Crippen LogP contribution in [0.3, 0.4) is 0 Å². The van der Waals surface area contributed by atoms with Gasteiger partial charge in [-0.05, 0) is 55.1 Å². The molecule has 0 bridgehead atoms. The van der Waals surface area contributed by atoms with E-state index in [1.165, 1.54) is 0 Å². The number of carbonyl (C=O) groups excluding carboxylic acids is 3. The van der Waals surface area contributed by atoms with Gasteiger partial charge in [-0.15, -0.1) is 0 Å². The highest BCUT2D eigenvalue weighted by molar-refractivity contribution is 9.10. The lowest BCUT2D eigenvalue weighted by Crippen LogP contribution is -2.27. The number of benzene rings is 2. The Morgan fingerprint density at radius 3 is 2.64 bits per heavy atom. The van der Waals surface area contributed by atoms with Crippen LogP contribution in [-0.4, -0.2) is 30.3 Å². The van der Waals surface area contributed by atoms with Gasteiger partial charge >= 0.3 is 5.97 Å². The lowest BCUT2D eigenvalue weighted by atomic mass is 10.2. The Balaban J connectivity index is 1.87. The Kier molecular flexibility index (Phi) is 6.53. The zero-order chi connectivity index (χ0) is 20.1. The first-order chi connectivity index (χ1) is 13.5. The number of imide groups is 1. The molecule has 6 nitrogen and oxygen atoms in total. The molecule has 8 heteroatoms. The minimum Gasteiger partial charge on any atom is -0.481 e. The van der Waals surface area contributed by atoms with Crippen LogP contribution in [0.25, 0.3) is 6.08 Å². The Morgan fingerprint density at radius 1 is 1.18 bits per heavy atom. The van der Waals surface area contributed by atoms with E-state index in [1.54, 1.807) is 55.5 Å². The fraction of sp³-hybridized carbons (Fsp3) is 0.150. The molecule has 1 fully saturated rings. The number of hydrogen-bond acceptors (Lipinski definition) is 6. The second-order valence-corrected chi connectivity index (χ2v) is 7.54. The van der Waals surface area contributed by atoms with Gasteiger partial charge in [0.15, 0.2) is 6.61 Å². The molecule has 2 aromatic rings. The minimum absolute atomic E-state index is 0.248. The molecule has 0 aliphatic carbocycles. The maximum atomic E-state index is 12.8. The van der Waals surface area contributed by atoms with Crippen LogP contribution < -0.4 is 9.64 Å². The highest BCUT2D eigenvalue weighted by Gasteiger charge is 2.36. The van der Waals surface area contributed by atoms with Crippen molar-refractivity contribution < 1.29 is 23.9 Å². The SMILES string of the molecule is CCOC(=O)COc1ccc(Br)cc1C=C1SC(=O)N(c2ccccc2)C1=O. The molecule has 2 aromatic carbocycles. The monoisotopic (exact) mass is 461 g/mol. The number of halogens is 1. The minimum atomic E-state index is -0.485. The molecule has 0 saturated carbocycles. The van der Waals surface area contributed by atoms with Crippen LogP contribution in [0.5, 0.6) is 5.75 Å². The topological polar surface area (TPSA) is 72.9 Å². The highest BCUT2D eigenvalue weighted by atomic mass is 79.9. The average Bonchev–Trinajstić information content (AvgIpc) is 2.95. The molecule has 0 aromatic heterocycles. The number of para-hydroxylation sites is 1. The summed E-state index contributed by atoms with van der Waals surface area (Å²) in [4.78, 5) is 38.1. The molecule has 3 rings (SSSR count). The van der Waals surface area contributed by atoms with Crippen molar-refractivity contribution in [2.45, 2.75) is 6.92 Å². The van der Waals surface area contributed by atoms with Crippen molar-refractivity contribution >= 4 is 56.6 Å². The molecule has 0 atom stereocenters. The second-order valence-electron chi connectivity index (χ2n) is 5.63. The van der Waals surface area contributed by atoms with Crippen molar-refractivity contribution in [1.82, 2.24) is 0 Å². The fourth-order valence-electron chi connectivity index (χ4n) is 2.51.